The third kappa shape index (κ3) is 37.5. The standard InChI is InChI=1S/C12H23F3.2C11H21F3.C10H19F3.C10H22.C9H17F3.2C8H15F3.C7H13F3/c1-7-11(6,12(13,14)15)10(8(2)3)9(4)5;1-7(2)9(8(3)4)10(5,6)11(12,13)14;1-6-9(4,7-2)10(5,8-3)11(12,13)14;1-5-8(6-2)9(4,7-3)10(11,12)13;1-7-10(6,8-2)9(3,4)5;1-4-6-8(3,7-5-2)9(10,11)12;1-5-7(4,6(2)3)8(9,10)11;1-4-6-7(3,5-2)8(9,10)11;1-4-6(3,5-2)7(8,9)10/h8-10H,7H2,1-6H3;7-9H,1-6H3;6-8H2,1-5H3;8H,5-7H2,1-4H3;7-8H2,1-6H3;4-7H2,1-3H3;6H,5H2,1-4H3;4-6H2,1-3H3;4-5H2,1-3H3. The highest BCUT2D eigenvalue weighted by Gasteiger charge is 2.60. The van der Waals surface area contributed by atoms with Gasteiger partial charge in [-0.15, -0.1) is 0 Å². The first-order valence-electron chi connectivity index (χ1n) is 40.9. The van der Waals surface area contributed by atoms with Crippen molar-refractivity contribution in [1.29, 1.82) is 0 Å². The van der Waals surface area contributed by atoms with Gasteiger partial charge in [0, 0.05) is 0 Å². The maximum Gasteiger partial charge on any atom is 0.394 e. The van der Waals surface area contributed by atoms with E-state index in [2.05, 4.69) is 41.5 Å². The van der Waals surface area contributed by atoms with Crippen LogP contribution >= 0.6 is 0 Å². The summed E-state index contributed by atoms with van der Waals surface area (Å²) in [5.41, 5.74) is -11.8. The lowest BCUT2D eigenvalue weighted by molar-refractivity contribution is -0.259. The maximum absolute atomic E-state index is 13.1. The van der Waals surface area contributed by atoms with Crippen molar-refractivity contribution in [2.45, 2.75) is 448 Å². The van der Waals surface area contributed by atoms with Crippen molar-refractivity contribution in [3.8, 4) is 0 Å². The molecule has 5 unspecified atom stereocenters. The van der Waals surface area contributed by atoms with Crippen LogP contribution < -0.4 is 0 Å². The van der Waals surface area contributed by atoms with Crippen molar-refractivity contribution in [3.63, 3.8) is 0 Å². The van der Waals surface area contributed by atoms with Gasteiger partial charge in [-0.3, -0.25) is 0 Å². The smallest absolute Gasteiger partial charge is 0.171 e. The van der Waals surface area contributed by atoms with Gasteiger partial charge in [-0.05, 0) is 141 Å². The fourth-order valence-electron chi connectivity index (χ4n) is 14.9. The number of halogens is 24. The second kappa shape index (κ2) is 50.3. The molecular weight excluding hydrogens is 1490 g/mol. The second-order valence-corrected chi connectivity index (χ2v) is 36.2. The van der Waals surface area contributed by atoms with Crippen molar-refractivity contribution in [2.24, 2.45) is 107 Å². The van der Waals surface area contributed by atoms with E-state index < -0.39 is 98.1 Å². The summed E-state index contributed by atoms with van der Waals surface area (Å²) < 4.78 is 302. The van der Waals surface area contributed by atoms with Crippen molar-refractivity contribution >= 4 is 0 Å². The molecule has 0 aromatic heterocycles. The van der Waals surface area contributed by atoms with Crippen molar-refractivity contribution in [1.82, 2.24) is 0 Å². The van der Waals surface area contributed by atoms with E-state index in [1.54, 1.807) is 90.0 Å². The second-order valence-electron chi connectivity index (χ2n) is 36.2. The molecule has 0 aliphatic carbocycles. The Morgan fingerprint density at radius 2 is 0.445 bits per heavy atom. The molecule has 0 aliphatic heterocycles. The highest BCUT2D eigenvalue weighted by Crippen LogP contribution is 2.58. The Morgan fingerprint density at radius 1 is 0.209 bits per heavy atom. The van der Waals surface area contributed by atoms with Gasteiger partial charge in [-0.25, -0.2) is 0 Å². The summed E-state index contributed by atoms with van der Waals surface area (Å²) in [5, 5.41) is 0. The summed E-state index contributed by atoms with van der Waals surface area (Å²) in [6, 6.07) is 0. The van der Waals surface area contributed by atoms with Crippen LogP contribution in [0.4, 0.5) is 105 Å². The van der Waals surface area contributed by atoms with Gasteiger partial charge in [-0.2, -0.15) is 105 Å². The highest BCUT2D eigenvalue weighted by molar-refractivity contribution is 4.96. The minimum Gasteiger partial charge on any atom is -0.171 e. The van der Waals surface area contributed by atoms with E-state index in [1.165, 1.54) is 75.2 Å². The minimum absolute atomic E-state index is 0.0478. The van der Waals surface area contributed by atoms with Gasteiger partial charge in [0.15, 0.2) is 0 Å². The summed E-state index contributed by atoms with van der Waals surface area (Å²) in [4.78, 5) is 0. The molecule has 0 bridgehead atoms. The Hall–Kier alpha value is -1.68. The zero-order valence-electron chi connectivity index (χ0n) is 76.6. The van der Waals surface area contributed by atoms with E-state index >= 15 is 0 Å². The van der Waals surface area contributed by atoms with Gasteiger partial charge in [0.1, 0.15) is 0 Å². The number of rotatable bonds is 28. The highest BCUT2D eigenvalue weighted by atomic mass is 19.4. The van der Waals surface area contributed by atoms with Crippen LogP contribution in [0.15, 0.2) is 0 Å². The quantitative estimate of drug-likeness (QED) is 0.0685. The maximum atomic E-state index is 13.1. The van der Waals surface area contributed by atoms with Gasteiger partial charge in [0.05, 0.1) is 43.3 Å². The Labute approximate surface area is 658 Å². The number of alkyl halides is 24. The van der Waals surface area contributed by atoms with E-state index in [0.717, 1.165) is 0 Å². The largest absolute Gasteiger partial charge is 0.394 e. The molecule has 0 saturated carbocycles. The van der Waals surface area contributed by atoms with Crippen LogP contribution in [-0.2, 0) is 0 Å². The topological polar surface area (TPSA) is 0 Å². The molecule has 678 valence electrons. The first kappa shape index (κ1) is 126. The van der Waals surface area contributed by atoms with Crippen LogP contribution in [0.2, 0.25) is 0 Å². The molecule has 0 amide bonds. The summed E-state index contributed by atoms with van der Waals surface area (Å²) in [7, 11) is 0. The van der Waals surface area contributed by atoms with Crippen LogP contribution in [-0.4, -0.2) is 49.4 Å². The molecule has 0 rings (SSSR count). The van der Waals surface area contributed by atoms with E-state index in [0.29, 0.717) is 55.8 Å². The predicted octanol–water partition coefficient (Wildman–Crippen LogP) is 37.4. The Kier molecular flexibility index (Phi) is 57.8. The first-order chi connectivity index (χ1) is 48.3. The van der Waals surface area contributed by atoms with Crippen molar-refractivity contribution in [3.05, 3.63) is 0 Å². The normalized spacial score (nSPS) is 16.3. The molecule has 0 aromatic carbocycles. The molecule has 0 aromatic rings. The van der Waals surface area contributed by atoms with Gasteiger partial charge in [-0.1, -0.05) is 322 Å². The molecule has 0 fully saturated rings. The Bertz CT molecular complexity index is 2200. The zero-order chi connectivity index (χ0) is 91.6. The van der Waals surface area contributed by atoms with E-state index in [1.807, 2.05) is 83.1 Å². The van der Waals surface area contributed by atoms with Crippen molar-refractivity contribution in [2.75, 3.05) is 0 Å². The van der Waals surface area contributed by atoms with Gasteiger partial charge >= 0.3 is 49.4 Å². The molecule has 0 spiro atoms. The fraction of sp³-hybridized carbons (Fsp3) is 1.00. The SMILES string of the molecule is CC(C)C(C(C)C)C(C)(C)C(F)(F)F.CCC(C)(C(C(C)C)C(C)C)C(F)(F)F.CCC(C)(C(C)C)C(F)(F)F.CCC(C)(CC)C(C)(C)C.CCC(C)(CC)C(C)(CC)C(F)(F)F.CCC(C)(CC)C(F)(F)F.CCC(CC)C(C)(CC)C(F)(F)F.CCCC(C)(CC)C(F)(F)F.CCCC(C)(CCC)C(F)(F)F. The Morgan fingerprint density at radius 3 is 0.509 bits per heavy atom. The monoisotopic (exact) mass is 1660 g/mol. The predicted molar refractivity (Wildman–Crippen MR) is 418 cm³/mol. The molecule has 110 heavy (non-hydrogen) atoms. The lowest BCUT2D eigenvalue weighted by atomic mass is 9.60. The van der Waals surface area contributed by atoms with Crippen LogP contribution in [0.5, 0.6) is 0 Å². The Balaban J connectivity index is -0.000000150. The van der Waals surface area contributed by atoms with Crippen molar-refractivity contribution < 1.29 is 105 Å². The third-order valence-corrected chi connectivity index (χ3v) is 26.9. The molecule has 0 aliphatic rings. The van der Waals surface area contributed by atoms with Gasteiger partial charge < -0.3 is 0 Å². The minimum atomic E-state index is -4.12. The lowest BCUT2D eigenvalue weighted by Gasteiger charge is -2.46. The molecule has 24 heteroatoms. The van der Waals surface area contributed by atoms with Crippen LogP contribution in [0.1, 0.15) is 399 Å². The molecule has 0 N–H and O–H groups in total. The molecule has 5 atom stereocenters. The summed E-state index contributed by atoms with van der Waals surface area (Å²) in [6.45, 7) is 69.5. The number of hydrogen-bond acceptors (Lipinski definition) is 0. The molecule has 0 heterocycles. The molecule has 0 radical (unpaired) electrons. The van der Waals surface area contributed by atoms with Gasteiger partial charge in [0.2, 0.25) is 0 Å². The van der Waals surface area contributed by atoms with Crippen LogP contribution in [0, 0.1) is 107 Å². The first-order valence-corrected chi connectivity index (χ1v) is 40.9. The van der Waals surface area contributed by atoms with E-state index in [-0.39, 0.29) is 112 Å². The lowest BCUT2D eigenvalue weighted by Crippen LogP contribution is -2.47. The van der Waals surface area contributed by atoms with E-state index in [9.17, 15) is 105 Å². The fourth-order valence-corrected chi connectivity index (χ4v) is 14.9. The van der Waals surface area contributed by atoms with Crippen LogP contribution in [0.25, 0.3) is 0 Å². The summed E-state index contributed by atoms with van der Waals surface area (Å²) in [6.07, 6.45) is -24.1. The average Bonchev–Trinajstić information content (AvgIpc) is 0.768. The zero-order valence-corrected chi connectivity index (χ0v) is 76.6. The van der Waals surface area contributed by atoms with E-state index in [4.69, 9.17) is 0 Å². The van der Waals surface area contributed by atoms with Crippen LogP contribution in [0.3, 0.4) is 0 Å². The van der Waals surface area contributed by atoms with Gasteiger partial charge in [0.25, 0.3) is 0 Å². The third-order valence-electron chi connectivity index (χ3n) is 26.9. The summed E-state index contributed by atoms with van der Waals surface area (Å²) in [5.74, 6) is -1.05. The summed E-state index contributed by atoms with van der Waals surface area (Å²) >= 11 is 0. The number of hydrogen-bond donors (Lipinski definition) is 0. The average molecular weight is 1660 g/mol. The molecule has 0 saturated heterocycles. The molecular formula is C86H166F24. The molecule has 0 nitrogen and oxygen atoms in total.